The minimum absolute atomic E-state index is 0.244. The molecule has 2 fully saturated rings. The van der Waals surface area contributed by atoms with Crippen LogP contribution < -0.4 is 5.14 Å². The van der Waals surface area contributed by atoms with E-state index in [-0.39, 0.29) is 5.25 Å². The van der Waals surface area contributed by atoms with Crippen LogP contribution in [0.2, 0.25) is 0 Å². The number of sulfonamides is 1. The zero-order valence-corrected chi connectivity index (χ0v) is 8.59. The lowest BCUT2D eigenvalue weighted by Gasteiger charge is -2.27. The maximum atomic E-state index is 11.2. The van der Waals surface area contributed by atoms with Crippen molar-refractivity contribution in [2.45, 2.75) is 43.8 Å². The summed E-state index contributed by atoms with van der Waals surface area (Å²) in [6.07, 6.45) is 6.48. The Morgan fingerprint density at radius 3 is 2.23 bits per heavy atom. The summed E-state index contributed by atoms with van der Waals surface area (Å²) in [5.41, 5.74) is 0. The lowest BCUT2D eigenvalue weighted by molar-refractivity contribution is 0.322. The van der Waals surface area contributed by atoms with Crippen LogP contribution in [0, 0.1) is 11.8 Å². The van der Waals surface area contributed by atoms with Crippen LogP contribution in [0.3, 0.4) is 0 Å². The van der Waals surface area contributed by atoms with Gasteiger partial charge in [0, 0.05) is 0 Å². The highest BCUT2D eigenvalue weighted by molar-refractivity contribution is 7.89. The summed E-state index contributed by atoms with van der Waals surface area (Å²) in [5, 5.41) is 4.92. The van der Waals surface area contributed by atoms with Gasteiger partial charge in [-0.15, -0.1) is 0 Å². The molecule has 0 radical (unpaired) electrons. The molecule has 0 aromatic heterocycles. The Kier molecular flexibility index (Phi) is 2.36. The first-order chi connectivity index (χ1) is 6.07. The van der Waals surface area contributed by atoms with Gasteiger partial charge in [-0.2, -0.15) is 0 Å². The molecule has 3 nitrogen and oxygen atoms in total. The number of nitrogens with two attached hydrogens (primary N) is 1. The second-order valence-electron chi connectivity index (χ2n) is 4.48. The molecule has 0 spiro atoms. The van der Waals surface area contributed by atoms with Gasteiger partial charge in [0.15, 0.2) is 0 Å². The molecular weight excluding hydrogens is 186 g/mol. The molecule has 0 aromatic rings. The van der Waals surface area contributed by atoms with E-state index in [1.165, 1.54) is 19.3 Å². The summed E-state index contributed by atoms with van der Waals surface area (Å²) in [4.78, 5) is 0. The molecule has 2 atom stereocenters. The largest absolute Gasteiger partial charge is 0.228 e. The number of hydrogen-bond acceptors (Lipinski definition) is 2. The van der Waals surface area contributed by atoms with E-state index in [0.717, 1.165) is 25.2 Å². The average Bonchev–Trinajstić information content (AvgIpc) is 2.85. The minimum Gasteiger partial charge on any atom is -0.228 e. The monoisotopic (exact) mass is 203 g/mol. The normalized spacial score (nSPS) is 36.1. The molecule has 0 amide bonds. The van der Waals surface area contributed by atoms with Crippen molar-refractivity contribution in [2.24, 2.45) is 17.0 Å². The Morgan fingerprint density at radius 1 is 1.00 bits per heavy atom. The topological polar surface area (TPSA) is 60.2 Å². The van der Waals surface area contributed by atoms with Crippen LogP contribution in [-0.2, 0) is 10.0 Å². The summed E-state index contributed by atoms with van der Waals surface area (Å²) in [7, 11) is -3.26. The average molecular weight is 203 g/mol. The molecule has 13 heavy (non-hydrogen) atoms. The van der Waals surface area contributed by atoms with Crippen molar-refractivity contribution in [2.75, 3.05) is 0 Å². The van der Waals surface area contributed by atoms with Crippen LogP contribution in [0.25, 0.3) is 0 Å². The van der Waals surface area contributed by atoms with E-state index in [1.54, 1.807) is 0 Å². The van der Waals surface area contributed by atoms with E-state index in [4.69, 9.17) is 5.14 Å². The second kappa shape index (κ2) is 3.24. The minimum atomic E-state index is -3.26. The number of primary sulfonamides is 1. The maximum absolute atomic E-state index is 11.2. The molecule has 2 saturated carbocycles. The molecule has 2 rings (SSSR count). The van der Waals surface area contributed by atoms with Crippen molar-refractivity contribution in [3.8, 4) is 0 Å². The molecule has 0 bridgehead atoms. The van der Waals surface area contributed by atoms with Crippen molar-refractivity contribution >= 4 is 10.0 Å². The van der Waals surface area contributed by atoms with Crippen LogP contribution in [-0.4, -0.2) is 13.7 Å². The fourth-order valence-corrected chi connectivity index (χ4v) is 3.49. The number of rotatable bonds is 2. The molecule has 2 N–H and O–H groups in total. The zero-order valence-electron chi connectivity index (χ0n) is 7.78. The van der Waals surface area contributed by atoms with Gasteiger partial charge in [-0.05, 0) is 37.5 Å². The van der Waals surface area contributed by atoms with E-state index < -0.39 is 10.0 Å². The van der Waals surface area contributed by atoms with Crippen molar-refractivity contribution in [1.29, 1.82) is 0 Å². The predicted octanol–water partition coefficient (Wildman–Crippen LogP) is 1.24. The SMILES string of the molecule is NS(=O)(=O)C1CCCC(C2CC2)C1. The van der Waals surface area contributed by atoms with Crippen LogP contribution in [0.15, 0.2) is 0 Å². The third kappa shape index (κ3) is 2.23. The Hall–Kier alpha value is -0.0900. The van der Waals surface area contributed by atoms with E-state index in [2.05, 4.69) is 0 Å². The first-order valence-electron chi connectivity index (χ1n) is 5.09. The van der Waals surface area contributed by atoms with Crippen molar-refractivity contribution < 1.29 is 8.42 Å². The van der Waals surface area contributed by atoms with Gasteiger partial charge in [0.2, 0.25) is 10.0 Å². The second-order valence-corrected chi connectivity index (χ2v) is 6.32. The molecular formula is C9H17NO2S. The van der Waals surface area contributed by atoms with Gasteiger partial charge in [0.1, 0.15) is 0 Å². The predicted molar refractivity (Wildman–Crippen MR) is 51.6 cm³/mol. The molecule has 2 aliphatic carbocycles. The molecule has 2 unspecified atom stereocenters. The van der Waals surface area contributed by atoms with Crippen molar-refractivity contribution in [3.63, 3.8) is 0 Å². The number of hydrogen-bond donors (Lipinski definition) is 1. The van der Waals surface area contributed by atoms with Gasteiger partial charge < -0.3 is 0 Å². The van der Waals surface area contributed by atoms with E-state index >= 15 is 0 Å². The lowest BCUT2D eigenvalue weighted by atomic mass is 9.85. The van der Waals surface area contributed by atoms with Crippen molar-refractivity contribution in [3.05, 3.63) is 0 Å². The van der Waals surface area contributed by atoms with Crippen LogP contribution >= 0.6 is 0 Å². The first kappa shape index (κ1) is 9.46. The molecule has 0 aliphatic heterocycles. The lowest BCUT2D eigenvalue weighted by Crippen LogP contribution is -2.33. The quantitative estimate of drug-likeness (QED) is 0.734. The Bertz CT molecular complexity index is 282. The zero-order chi connectivity index (χ0) is 9.47. The van der Waals surface area contributed by atoms with Crippen LogP contribution in [0.1, 0.15) is 38.5 Å². The molecule has 0 heterocycles. The van der Waals surface area contributed by atoms with Gasteiger partial charge >= 0.3 is 0 Å². The molecule has 2 aliphatic rings. The highest BCUT2D eigenvalue weighted by Crippen LogP contribution is 2.44. The van der Waals surface area contributed by atoms with Crippen molar-refractivity contribution in [1.82, 2.24) is 0 Å². The summed E-state index contributed by atoms with van der Waals surface area (Å²) in [6, 6.07) is 0. The van der Waals surface area contributed by atoms with E-state index in [0.29, 0.717) is 5.92 Å². The van der Waals surface area contributed by atoms with Gasteiger partial charge in [-0.25, -0.2) is 13.6 Å². The molecule has 0 aromatic carbocycles. The van der Waals surface area contributed by atoms with E-state index in [9.17, 15) is 8.42 Å². The Balaban J connectivity index is 1.99. The van der Waals surface area contributed by atoms with Gasteiger partial charge in [-0.3, -0.25) is 0 Å². The van der Waals surface area contributed by atoms with Gasteiger partial charge in [-0.1, -0.05) is 12.8 Å². The molecule has 76 valence electrons. The van der Waals surface area contributed by atoms with Gasteiger partial charge in [0.05, 0.1) is 5.25 Å². The fourth-order valence-electron chi connectivity index (χ4n) is 2.48. The first-order valence-corrected chi connectivity index (χ1v) is 6.70. The van der Waals surface area contributed by atoms with E-state index in [1.807, 2.05) is 0 Å². The third-order valence-corrected chi connectivity index (χ3v) is 4.78. The van der Waals surface area contributed by atoms with Crippen LogP contribution in [0.4, 0.5) is 0 Å². The maximum Gasteiger partial charge on any atom is 0.211 e. The molecule has 4 heteroatoms. The Labute approximate surface area is 79.7 Å². The fraction of sp³-hybridized carbons (Fsp3) is 1.00. The molecule has 0 saturated heterocycles. The highest BCUT2D eigenvalue weighted by Gasteiger charge is 2.37. The summed E-state index contributed by atoms with van der Waals surface area (Å²) in [6.45, 7) is 0. The smallest absolute Gasteiger partial charge is 0.211 e. The third-order valence-electron chi connectivity index (χ3n) is 3.42. The summed E-state index contributed by atoms with van der Waals surface area (Å²) in [5.74, 6) is 1.47. The summed E-state index contributed by atoms with van der Waals surface area (Å²) >= 11 is 0. The summed E-state index contributed by atoms with van der Waals surface area (Å²) < 4.78 is 22.3. The Morgan fingerprint density at radius 2 is 1.69 bits per heavy atom. The standard InChI is InChI=1S/C9H17NO2S/c10-13(11,12)9-3-1-2-8(6-9)7-4-5-7/h7-9H,1-6H2,(H2,10,11,12). The highest BCUT2D eigenvalue weighted by atomic mass is 32.2. The van der Waals surface area contributed by atoms with Crippen LogP contribution in [0.5, 0.6) is 0 Å². The van der Waals surface area contributed by atoms with Gasteiger partial charge in [0.25, 0.3) is 0 Å².